The summed E-state index contributed by atoms with van der Waals surface area (Å²) >= 11 is 0. The van der Waals surface area contributed by atoms with E-state index in [1.165, 1.54) is 11.1 Å². The number of carbonyl (C=O) groups is 1. The van der Waals surface area contributed by atoms with E-state index in [4.69, 9.17) is 4.74 Å². The van der Waals surface area contributed by atoms with Crippen LogP contribution in [0.25, 0.3) is 0 Å². The maximum atomic E-state index is 12.8. The first kappa shape index (κ1) is 21.2. The highest BCUT2D eigenvalue weighted by molar-refractivity contribution is 5.73. The predicted octanol–water partition coefficient (Wildman–Crippen LogP) is 5.05. The van der Waals surface area contributed by atoms with Gasteiger partial charge in [0.25, 0.3) is 0 Å². The molecule has 0 fully saturated rings. The third kappa shape index (κ3) is 5.67. The molecular weight excluding hydrogens is 334 g/mol. The van der Waals surface area contributed by atoms with Crippen molar-refractivity contribution in [2.75, 3.05) is 26.2 Å². The molecule has 0 N–H and O–H groups in total. The summed E-state index contributed by atoms with van der Waals surface area (Å²) in [7, 11) is 0. The van der Waals surface area contributed by atoms with Crippen molar-refractivity contribution >= 4 is 5.97 Å². The number of hydrogen-bond acceptors (Lipinski definition) is 3. The van der Waals surface area contributed by atoms with E-state index in [2.05, 4.69) is 49.9 Å². The standard InChI is InChI=1S/C24H33NO2/c1-4-17-24(21-13-9-7-10-14-21,22-15-11-8-12-16-22)20-23(26)27-19-18-25(5-2)6-3/h7-16H,4-6,17-20H2,1-3H3. The fourth-order valence-electron chi connectivity index (χ4n) is 3.81. The van der Waals surface area contributed by atoms with Gasteiger partial charge in [0.15, 0.2) is 0 Å². The van der Waals surface area contributed by atoms with Gasteiger partial charge >= 0.3 is 5.97 Å². The topological polar surface area (TPSA) is 29.5 Å². The molecule has 3 heteroatoms. The molecule has 0 aliphatic rings. The van der Waals surface area contributed by atoms with Gasteiger partial charge in [-0.3, -0.25) is 4.79 Å². The van der Waals surface area contributed by atoms with Crippen LogP contribution in [0.2, 0.25) is 0 Å². The van der Waals surface area contributed by atoms with Crippen LogP contribution in [0.5, 0.6) is 0 Å². The van der Waals surface area contributed by atoms with Gasteiger partial charge in [-0.05, 0) is 30.6 Å². The first-order valence-electron chi connectivity index (χ1n) is 10.1. The Morgan fingerprint density at radius 3 is 1.85 bits per heavy atom. The summed E-state index contributed by atoms with van der Waals surface area (Å²) in [5, 5.41) is 0. The monoisotopic (exact) mass is 367 g/mol. The van der Waals surface area contributed by atoms with Crippen molar-refractivity contribution in [1.82, 2.24) is 4.90 Å². The van der Waals surface area contributed by atoms with E-state index in [1.54, 1.807) is 0 Å². The van der Waals surface area contributed by atoms with Crippen molar-refractivity contribution in [3.63, 3.8) is 0 Å². The molecule has 2 aromatic carbocycles. The molecule has 0 aliphatic heterocycles. The number of ether oxygens (including phenoxy) is 1. The molecule has 2 aromatic rings. The molecular formula is C24H33NO2. The molecule has 3 nitrogen and oxygen atoms in total. The molecule has 0 atom stereocenters. The largest absolute Gasteiger partial charge is 0.464 e. The van der Waals surface area contributed by atoms with Crippen LogP contribution in [0.3, 0.4) is 0 Å². The zero-order valence-corrected chi connectivity index (χ0v) is 17.0. The summed E-state index contributed by atoms with van der Waals surface area (Å²) in [6, 6.07) is 20.8. The summed E-state index contributed by atoms with van der Waals surface area (Å²) in [5.74, 6) is -0.122. The lowest BCUT2D eigenvalue weighted by molar-refractivity contribution is -0.145. The molecule has 0 unspecified atom stereocenters. The minimum absolute atomic E-state index is 0.122. The van der Waals surface area contributed by atoms with Crippen molar-refractivity contribution in [2.24, 2.45) is 0 Å². The van der Waals surface area contributed by atoms with Crippen molar-refractivity contribution in [3.05, 3.63) is 71.8 Å². The molecule has 0 amide bonds. The molecule has 0 spiro atoms. The van der Waals surface area contributed by atoms with Gasteiger partial charge in [0, 0.05) is 12.0 Å². The Kier molecular flexibility index (Phi) is 8.53. The Hall–Kier alpha value is -2.13. The van der Waals surface area contributed by atoms with Crippen LogP contribution in [0.1, 0.15) is 51.2 Å². The number of nitrogens with zero attached hydrogens (tertiary/aromatic N) is 1. The average molecular weight is 368 g/mol. The van der Waals surface area contributed by atoms with E-state index in [-0.39, 0.29) is 11.4 Å². The SMILES string of the molecule is CCCC(CC(=O)OCCN(CC)CC)(c1ccccc1)c1ccccc1. The fraction of sp³-hybridized carbons (Fsp3) is 0.458. The molecule has 0 heterocycles. The Morgan fingerprint density at radius 2 is 1.41 bits per heavy atom. The predicted molar refractivity (Wildman–Crippen MR) is 112 cm³/mol. The van der Waals surface area contributed by atoms with Gasteiger partial charge in [-0.15, -0.1) is 0 Å². The second-order valence-corrected chi connectivity index (χ2v) is 6.99. The van der Waals surface area contributed by atoms with Gasteiger partial charge in [-0.2, -0.15) is 0 Å². The quantitative estimate of drug-likeness (QED) is 0.521. The Bertz CT molecular complexity index is 626. The average Bonchev–Trinajstić information content (AvgIpc) is 2.72. The number of hydrogen-bond donors (Lipinski definition) is 0. The second-order valence-electron chi connectivity index (χ2n) is 6.99. The van der Waals surface area contributed by atoms with E-state index >= 15 is 0 Å². The lowest BCUT2D eigenvalue weighted by atomic mass is 9.69. The molecule has 0 saturated carbocycles. The van der Waals surface area contributed by atoms with Gasteiger partial charge in [-0.1, -0.05) is 87.9 Å². The smallest absolute Gasteiger partial charge is 0.307 e. The third-order valence-corrected chi connectivity index (χ3v) is 5.34. The second kappa shape index (κ2) is 10.9. The lowest BCUT2D eigenvalue weighted by Gasteiger charge is -2.34. The first-order valence-corrected chi connectivity index (χ1v) is 10.1. The molecule has 0 aromatic heterocycles. The lowest BCUT2D eigenvalue weighted by Crippen LogP contribution is -2.33. The van der Waals surface area contributed by atoms with Crippen LogP contribution in [0.15, 0.2) is 60.7 Å². The minimum atomic E-state index is -0.344. The summed E-state index contributed by atoms with van der Waals surface area (Å²) in [5.41, 5.74) is 2.02. The molecule has 27 heavy (non-hydrogen) atoms. The van der Waals surface area contributed by atoms with Crippen LogP contribution in [0, 0.1) is 0 Å². The fourth-order valence-corrected chi connectivity index (χ4v) is 3.81. The van der Waals surface area contributed by atoms with Crippen molar-refractivity contribution in [3.8, 4) is 0 Å². The van der Waals surface area contributed by atoms with Crippen LogP contribution >= 0.6 is 0 Å². The van der Waals surface area contributed by atoms with Crippen LogP contribution in [0.4, 0.5) is 0 Å². The normalized spacial score (nSPS) is 11.6. The van der Waals surface area contributed by atoms with E-state index in [1.807, 2.05) is 36.4 Å². The molecule has 0 aliphatic carbocycles. The highest BCUT2D eigenvalue weighted by atomic mass is 16.5. The van der Waals surface area contributed by atoms with Crippen molar-refractivity contribution in [1.29, 1.82) is 0 Å². The summed E-state index contributed by atoms with van der Waals surface area (Å²) in [6.45, 7) is 9.61. The van der Waals surface area contributed by atoms with E-state index < -0.39 is 0 Å². The maximum Gasteiger partial charge on any atom is 0.307 e. The van der Waals surface area contributed by atoms with Gasteiger partial charge in [0.2, 0.25) is 0 Å². The van der Waals surface area contributed by atoms with E-state index in [0.717, 1.165) is 32.5 Å². The van der Waals surface area contributed by atoms with Gasteiger partial charge in [0.05, 0.1) is 6.42 Å². The zero-order valence-electron chi connectivity index (χ0n) is 17.0. The Morgan fingerprint density at radius 1 is 0.889 bits per heavy atom. The Labute approximate surface area is 164 Å². The summed E-state index contributed by atoms with van der Waals surface area (Å²) in [6.07, 6.45) is 2.27. The van der Waals surface area contributed by atoms with Gasteiger partial charge in [-0.25, -0.2) is 0 Å². The summed E-state index contributed by atoms with van der Waals surface area (Å²) in [4.78, 5) is 15.1. The van der Waals surface area contributed by atoms with Gasteiger partial charge < -0.3 is 9.64 Å². The number of rotatable bonds is 11. The van der Waals surface area contributed by atoms with Crippen LogP contribution in [-0.4, -0.2) is 37.1 Å². The number of esters is 1. The molecule has 0 saturated heterocycles. The molecule has 0 radical (unpaired) electrons. The zero-order chi connectivity index (χ0) is 19.5. The van der Waals surface area contributed by atoms with Gasteiger partial charge in [0.1, 0.15) is 6.61 Å². The maximum absolute atomic E-state index is 12.8. The third-order valence-electron chi connectivity index (χ3n) is 5.34. The van der Waals surface area contributed by atoms with E-state index in [0.29, 0.717) is 13.0 Å². The highest BCUT2D eigenvalue weighted by Gasteiger charge is 2.36. The molecule has 146 valence electrons. The van der Waals surface area contributed by atoms with Crippen LogP contribution < -0.4 is 0 Å². The van der Waals surface area contributed by atoms with E-state index in [9.17, 15) is 4.79 Å². The minimum Gasteiger partial charge on any atom is -0.464 e. The molecule has 2 rings (SSSR count). The molecule has 0 bridgehead atoms. The first-order chi connectivity index (χ1) is 13.2. The highest BCUT2D eigenvalue weighted by Crippen LogP contribution is 2.40. The number of likely N-dealkylation sites (N-methyl/N-ethyl adjacent to an activating group) is 1. The number of carbonyl (C=O) groups excluding carboxylic acids is 1. The number of benzene rings is 2. The van der Waals surface area contributed by atoms with Crippen LogP contribution in [-0.2, 0) is 14.9 Å². The van der Waals surface area contributed by atoms with Crippen molar-refractivity contribution in [2.45, 2.75) is 45.4 Å². The summed E-state index contributed by atoms with van der Waals surface area (Å²) < 4.78 is 5.64. The van der Waals surface area contributed by atoms with Crippen molar-refractivity contribution < 1.29 is 9.53 Å². The Balaban J connectivity index is 2.23.